The molecule has 1 aliphatic heterocycles. The fourth-order valence-electron chi connectivity index (χ4n) is 1.66. The number of benzene rings is 1. The van der Waals surface area contributed by atoms with E-state index < -0.39 is 0 Å². The largest absolute Gasteiger partial charge is 0.447 e. The SMILES string of the molecule is O=C1OCCN1c1nnc(SCc2ccc(F)cc2)s1. The molecule has 0 spiro atoms. The topological polar surface area (TPSA) is 55.3 Å². The Balaban J connectivity index is 1.62. The average Bonchev–Trinajstić information content (AvgIpc) is 3.06. The molecule has 1 amide bonds. The standard InChI is InChI=1S/C12H10FN3O2S2/c13-9-3-1-8(2-4-9)7-19-11-15-14-10(20-11)16-5-6-18-12(16)17/h1-4H,5-7H2. The van der Waals surface area contributed by atoms with Gasteiger partial charge in [0.15, 0.2) is 4.34 Å². The monoisotopic (exact) mass is 311 g/mol. The van der Waals surface area contributed by atoms with E-state index in [4.69, 9.17) is 4.74 Å². The molecule has 1 aromatic carbocycles. The van der Waals surface area contributed by atoms with Gasteiger partial charge >= 0.3 is 6.09 Å². The zero-order valence-corrected chi connectivity index (χ0v) is 11.9. The molecular weight excluding hydrogens is 301 g/mol. The Morgan fingerprint density at radius 1 is 1.35 bits per heavy atom. The molecule has 1 aromatic heterocycles. The van der Waals surface area contributed by atoms with Crippen molar-refractivity contribution in [3.05, 3.63) is 35.6 Å². The highest BCUT2D eigenvalue weighted by molar-refractivity contribution is 8.00. The van der Waals surface area contributed by atoms with Gasteiger partial charge in [-0.15, -0.1) is 10.2 Å². The number of halogens is 1. The van der Waals surface area contributed by atoms with Gasteiger partial charge in [0.1, 0.15) is 12.4 Å². The van der Waals surface area contributed by atoms with E-state index in [0.29, 0.717) is 24.0 Å². The van der Waals surface area contributed by atoms with Crippen LogP contribution in [0.4, 0.5) is 14.3 Å². The predicted octanol–water partition coefficient (Wildman–Crippen LogP) is 2.93. The first-order valence-corrected chi connectivity index (χ1v) is 7.67. The van der Waals surface area contributed by atoms with Crippen molar-refractivity contribution in [3.63, 3.8) is 0 Å². The summed E-state index contributed by atoms with van der Waals surface area (Å²) < 4.78 is 18.4. The molecule has 3 rings (SSSR count). The summed E-state index contributed by atoms with van der Waals surface area (Å²) in [6.45, 7) is 0.895. The highest BCUT2D eigenvalue weighted by Crippen LogP contribution is 2.31. The Kier molecular flexibility index (Phi) is 3.83. The first-order valence-electron chi connectivity index (χ1n) is 5.87. The normalized spacial score (nSPS) is 14.7. The van der Waals surface area contributed by atoms with Crippen LogP contribution in [0.3, 0.4) is 0 Å². The molecular formula is C12H10FN3O2S2. The molecule has 0 bridgehead atoms. The minimum absolute atomic E-state index is 0.246. The van der Waals surface area contributed by atoms with Crippen molar-refractivity contribution in [3.8, 4) is 0 Å². The molecule has 0 N–H and O–H groups in total. The summed E-state index contributed by atoms with van der Waals surface area (Å²) in [7, 11) is 0. The second-order valence-corrected chi connectivity index (χ2v) is 6.21. The van der Waals surface area contributed by atoms with Crippen molar-refractivity contribution in [2.24, 2.45) is 0 Å². The second-order valence-electron chi connectivity index (χ2n) is 4.03. The first kappa shape index (κ1) is 13.3. The van der Waals surface area contributed by atoms with E-state index >= 15 is 0 Å². The number of anilines is 1. The maximum absolute atomic E-state index is 12.8. The van der Waals surface area contributed by atoms with Crippen LogP contribution in [-0.4, -0.2) is 29.4 Å². The summed E-state index contributed by atoms with van der Waals surface area (Å²) in [5.74, 6) is 0.434. The summed E-state index contributed by atoms with van der Waals surface area (Å²) in [5, 5.41) is 8.57. The average molecular weight is 311 g/mol. The first-order chi connectivity index (χ1) is 9.72. The van der Waals surface area contributed by atoms with Crippen LogP contribution in [0.2, 0.25) is 0 Å². The predicted molar refractivity (Wildman–Crippen MR) is 74.6 cm³/mol. The minimum atomic E-state index is -0.378. The third-order valence-electron chi connectivity index (χ3n) is 2.66. The van der Waals surface area contributed by atoms with Gasteiger partial charge in [-0.25, -0.2) is 14.1 Å². The summed E-state index contributed by atoms with van der Waals surface area (Å²) in [6, 6.07) is 6.34. The lowest BCUT2D eigenvalue weighted by molar-refractivity contribution is 0.181. The van der Waals surface area contributed by atoms with E-state index in [1.165, 1.54) is 40.1 Å². The van der Waals surface area contributed by atoms with Gasteiger partial charge in [-0.3, -0.25) is 0 Å². The highest BCUT2D eigenvalue weighted by atomic mass is 32.2. The van der Waals surface area contributed by atoms with Gasteiger partial charge in [0.05, 0.1) is 6.54 Å². The van der Waals surface area contributed by atoms with E-state index in [1.807, 2.05) is 0 Å². The van der Waals surface area contributed by atoms with Crippen molar-refractivity contribution in [1.82, 2.24) is 10.2 Å². The molecule has 0 unspecified atom stereocenters. The van der Waals surface area contributed by atoms with Crippen molar-refractivity contribution < 1.29 is 13.9 Å². The number of hydrogen-bond acceptors (Lipinski definition) is 6. The highest BCUT2D eigenvalue weighted by Gasteiger charge is 2.26. The van der Waals surface area contributed by atoms with Crippen LogP contribution in [0.5, 0.6) is 0 Å². The van der Waals surface area contributed by atoms with Gasteiger partial charge in [-0.2, -0.15) is 0 Å². The van der Waals surface area contributed by atoms with Gasteiger partial charge < -0.3 is 4.74 Å². The molecule has 0 saturated carbocycles. The van der Waals surface area contributed by atoms with Gasteiger partial charge in [-0.05, 0) is 17.7 Å². The molecule has 1 fully saturated rings. The van der Waals surface area contributed by atoms with E-state index in [2.05, 4.69) is 10.2 Å². The third kappa shape index (κ3) is 2.91. The third-order valence-corrected chi connectivity index (χ3v) is 4.81. The summed E-state index contributed by atoms with van der Waals surface area (Å²) >= 11 is 2.85. The number of rotatable bonds is 4. The maximum atomic E-state index is 12.8. The lowest BCUT2D eigenvalue weighted by Crippen LogP contribution is -2.22. The molecule has 2 aromatic rings. The minimum Gasteiger partial charge on any atom is -0.447 e. The summed E-state index contributed by atoms with van der Waals surface area (Å²) in [5.41, 5.74) is 1.01. The lowest BCUT2D eigenvalue weighted by Gasteiger charge is -2.05. The van der Waals surface area contributed by atoms with Gasteiger partial charge in [0.2, 0.25) is 5.13 Å². The Morgan fingerprint density at radius 3 is 2.85 bits per heavy atom. The zero-order valence-electron chi connectivity index (χ0n) is 10.3. The van der Waals surface area contributed by atoms with Crippen LogP contribution in [0.15, 0.2) is 28.6 Å². The van der Waals surface area contributed by atoms with E-state index in [1.54, 1.807) is 12.1 Å². The number of amides is 1. The Morgan fingerprint density at radius 2 is 2.15 bits per heavy atom. The Hall–Kier alpha value is -1.67. The molecule has 8 heteroatoms. The number of hydrogen-bond donors (Lipinski definition) is 0. The van der Waals surface area contributed by atoms with E-state index in [0.717, 1.165) is 9.90 Å². The molecule has 1 aliphatic rings. The zero-order chi connectivity index (χ0) is 13.9. The van der Waals surface area contributed by atoms with Crippen LogP contribution < -0.4 is 4.90 Å². The summed E-state index contributed by atoms with van der Waals surface area (Å²) in [4.78, 5) is 12.9. The molecule has 1 saturated heterocycles. The molecule has 0 radical (unpaired) electrons. The van der Waals surface area contributed by atoms with Gasteiger partial charge in [0.25, 0.3) is 0 Å². The van der Waals surface area contributed by atoms with Crippen LogP contribution in [0, 0.1) is 5.82 Å². The molecule has 20 heavy (non-hydrogen) atoms. The molecule has 104 valence electrons. The number of cyclic esters (lactones) is 1. The van der Waals surface area contributed by atoms with E-state index in [-0.39, 0.29) is 11.9 Å². The van der Waals surface area contributed by atoms with Crippen molar-refractivity contribution in [1.29, 1.82) is 0 Å². The number of nitrogens with zero attached hydrogens (tertiary/aromatic N) is 3. The molecule has 0 atom stereocenters. The number of ether oxygens (including phenoxy) is 1. The fourth-order valence-corrected chi connectivity index (χ4v) is 3.48. The van der Waals surface area contributed by atoms with E-state index in [9.17, 15) is 9.18 Å². The van der Waals surface area contributed by atoms with Gasteiger partial charge in [-0.1, -0.05) is 35.2 Å². The quantitative estimate of drug-likeness (QED) is 0.642. The fraction of sp³-hybridized carbons (Fsp3) is 0.250. The van der Waals surface area contributed by atoms with Crippen LogP contribution in [0.1, 0.15) is 5.56 Å². The Labute approximate surface area is 122 Å². The molecule has 5 nitrogen and oxygen atoms in total. The number of aromatic nitrogens is 2. The van der Waals surface area contributed by atoms with Crippen LogP contribution in [-0.2, 0) is 10.5 Å². The number of carbonyl (C=O) groups is 1. The summed E-state index contributed by atoms with van der Waals surface area (Å²) in [6.07, 6.45) is -0.378. The molecule has 2 heterocycles. The number of carbonyl (C=O) groups excluding carboxylic acids is 1. The van der Waals surface area contributed by atoms with Crippen molar-refractivity contribution in [2.75, 3.05) is 18.1 Å². The Bertz CT molecular complexity index is 617. The van der Waals surface area contributed by atoms with Crippen molar-refractivity contribution >= 4 is 34.3 Å². The van der Waals surface area contributed by atoms with Gasteiger partial charge in [0, 0.05) is 5.75 Å². The smallest absolute Gasteiger partial charge is 0.416 e. The second kappa shape index (κ2) is 5.76. The van der Waals surface area contributed by atoms with Crippen LogP contribution >= 0.6 is 23.1 Å². The molecule has 0 aliphatic carbocycles. The van der Waals surface area contributed by atoms with Crippen molar-refractivity contribution in [2.45, 2.75) is 10.1 Å². The van der Waals surface area contributed by atoms with Crippen LogP contribution in [0.25, 0.3) is 0 Å². The number of thioether (sulfide) groups is 1. The maximum Gasteiger partial charge on any atom is 0.416 e. The lowest BCUT2D eigenvalue weighted by atomic mass is 10.2.